The van der Waals surface area contributed by atoms with Gasteiger partial charge < -0.3 is 14.6 Å². The second-order valence-electron chi connectivity index (χ2n) is 5.12. The van der Waals surface area contributed by atoms with Crippen LogP contribution in [0.3, 0.4) is 0 Å². The summed E-state index contributed by atoms with van der Waals surface area (Å²) in [6.07, 6.45) is 0.596. The van der Waals surface area contributed by atoms with Crippen molar-refractivity contribution in [3.63, 3.8) is 0 Å². The predicted molar refractivity (Wildman–Crippen MR) is 78.2 cm³/mol. The molecule has 1 N–H and O–H groups in total. The molecule has 0 atom stereocenters. The molecule has 0 unspecified atom stereocenters. The maximum absolute atomic E-state index is 5.35. The van der Waals surface area contributed by atoms with Gasteiger partial charge in [-0.15, -0.1) is 0 Å². The zero-order valence-electron chi connectivity index (χ0n) is 12.2. The van der Waals surface area contributed by atoms with Crippen LogP contribution < -0.4 is 10.1 Å². The van der Waals surface area contributed by atoms with Crippen LogP contribution in [0, 0.1) is 0 Å². The molecule has 3 rings (SSSR count). The van der Waals surface area contributed by atoms with Crippen LogP contribution in [0.25, 0.3) is 0 Å². The van der Waals surface area contributed by atoms with Crippen molar-refractivity contribution in [2.24, 2.45) is 0 Å². The van der Waals surface area contributed by atoms with E-state index in [2.05, 4.69) is 20.4 Å². The van der Waals surface area contributed by atoms with Crippen molar-refractivity contribution < 1.29 is 9.26 Å². The Morgan fingerprint density at radius 2 is 2.10 bits per heavy atom. The summed E-state index contributed by atoms with van der Waals surface area (Å²) in [5.74, 6) is 2.23. The minimum atomic E-state index is 0.596. The molecule has 1 aromatic carbocycles. The Morgan fingerprint density at radius 1 is 1.29 bits per heavy atom. The lowest BCUT2D eigenvalue weighted by atomic mass is 10.1. The zero-order chi connectivity index (χ0) is 14.5. The fraction of sp³-hybridized carbons (Fsp3) is 0.467. The summed E-state index contributed by atoms with van der Waals surface area (Å²) < 4.78 is 10.7. The third kappa shape index (κ3) is 3.59. The normalized spacial score (nSPS) is 16.0. The van der Waals surface area contributed by atoms with Crippen LogP contribution in [0.15, 0.2) is 28.8 Å². The fourth-order valence-corrected chi connectivity index (χ4v) is 2.51. The Labute approximate surface area is 124 Å². The molecular formula is C15H20N4O2. The van der Waals surface area contributed by atoms with E-state index in [0.29, 0.717) is 12.3 Å². The van der Waals surface area contributed by atoms with E-state index in [1.165, 1.54) is 0 Å². The number of aromatic nitrogens is 2. The molecule has 0 spiro atoms. The summed E-state index contributed by atoms with van der Waals surface area (Å²) in [5, 5.41) is 7.40. The Morgan fingerprint density at radius 3 is 2.90 bits per heavy atom. The molecule has 1 aromatic heterocycles. The second kappa shape index (κ2) is 6.69. The number of methoxy groups -OCH3 is 1. The molecule has 0 amide bonds. The molecule has 2 heterocycles. The van der Waals surface area contributed by atoms with Crippen LogP contribution in [-0.2, 0) is 13.0 Å². The van der Waals surface area contributed by atoms with Crippen molar-refractivity contribution in [3.05, 3.63) is 41.5 Å². The molecule has 1 saturated heterocycles. The number of hydrogen-bond acceptors (Lipinski definition) is 6. The van der Waals surface area contributed by atoms with Crippen molar-refractivity contribution in [2.75, 3.05) is 33.3 Å². The van der Waals surface area contributed by atoms with Crippen molar-refractivity contribution in [2.45, 2.75) is 13.0 Å². The van der Waals surface area contributed by atoms with Crippen LogP contribution in [0.1, 0.15) is 17.3 Å². The SMILES string of the molecule is COc1ccccc1Cc1nc(CN2CCNCC2)no1. The van der Waals surface area contributed by atoms with E-state index in [0.717, 1.165) is 49.9 Å². The van der Waals surface area contributed by atoms with E-state index in [-0.39, 0.29) is 0 Å². The highest BCUT2D eigenvalue weighted by Crippen LogP contribution is 2.20. The van der Waals surface area contributed by atoms with Gasteiger partial charge in [-0.2, -0.15) is 4.98 Å². The Kier molecular flexibility index (Phi) is 4.47. The molecule has 0 radical (unpaired) electrons. The molecule has 0 saturated carbocycles. The molecule has 6 nitrogen and oxygen atoms in total. The minimum Gasteiger partial charge on any atom is -0.496 e. The van der Waals surface area contributed by atoms with Crippen LogP contribution in [0.4, 0.5) is 0 Å². The molecule has 0 bridgehead atoms. The summed E-state index contributed by atoms with van der Waals surface area (Å²) >= 11 is 0. The number of rotatable bonds is 5. The first-order chi connectivity index (χ1) is 10.3. The quantitative estimate of drug-likeness (QED) is 0.888. The van der Waals surface area contributed by atoms with Crippen molar-refractivity contribution >= 4 is 0 Å². The molecule has 1 fully saturated rings. The Bertz CT molecular complexity index is 579. The lowest BCUT2D eigenvalue weighted by Gasteiger charge is -2.25. The molecule has 6 heteroatoms. The lowest BCUT2D eigenvalue weighted by Crippen LogP contribution is -2.43. The van der Waals surface area contributed by atoms with E-state index in [4.69, 9.17) is 9.26 Å². The van der Waals surface area contributed by atoms with E-state index in [1.807, 2.05) is 24.3 Å². The van der Waals surface area contributed by atoms with Crippen LogP contribution in [0.2, 0.25) is 0 Å². The van der Waals surface area contributed by atoms with Crippen molar-refractivity contribution in [1.82, 2.24) is 20.4 Å². The van der Waals surface area contributed by atoms with Crippen molar-refractivity contribution in [1.29, 1.82) is 0 Å². The van der Waals surface area contributed by atoms with E-state index in [9.17, 15) is 0 Å². The van der Waals surface area contributed by atoms with Crippen molar-refractivity contribution in [3.8, 4) is 5.75 Å². The molecule has 1 aliphatic heterocycles. The van der Waals surface area contributed by atoms with Gasteiger partial charge in [0.1, 0.15) is 5.75 Å². The Hall–Kier alpha value is -1.92. The number of nitrogens with one attached hydrogen (secondary N) is 1. The van der Waals surface area contributed by atoms with Gasteiger partial charge in [0.05, 0.1) is 20.1 Å². The molecule has 0 aliphatic carbocycles. The molecular weight excluding hydrogens is 268 g/mol. The molecule has 21 heavy (non-hydrogen) atoms. The summed E-state index contributed by atoms with van der Waals surface area (Å²) in [4.78, 5) is 6.81. The van der Waals surface area contributed by atoms with E-state index in [1.54, 1.807) is 7.11 Å². The number of benzene rings is 1. The van der Waals surface area contributed by atoms with E-state index < -0.39 is 0 Å². The van der Waals surface area contributed by atoms with Gasteiger partial charge in [-0.3, -0.25) is 4.90 Å². The fourth-order valence-electron chi connectivity index (χ4n) is 2.51. The van der Waals surface area contributed by atoms with Gasteiger partial charge in [-0.1, -0.05) is 23.4 Å². The predicted octanol–water partition coefficient (Wildman–Crippen LogP) is 1.07. The third-order valence-electron chi connectivity index (χ3n) is 3.62. The summed E-state index contributed by atoms with van der Waals surface area (Å²) in [6, 6.07) is 7.88. The number of ether oxygens (including phenoxy) is 1. The van der Waals surface area contributed by atoms with Gasteiger partial charge in [0.15, 0.2) is 5.82 Å². The zero-order valence-corrected chi connectivity index (χ0v) is 12.2. The number of para-hydroxylation sites is 1. The topological polar surface area (TPSA) is 63.4 Å². The first kappa shape index (κ1) is 14.0. The van der Waals surface area contributed by atoms with Gasteiger partial charge in [0.2, 0.25) is 5.89 Å². The van der Waals surface area contributed by atoms with E-state index >= 15 is 0 Å². The van der Waals surface area contributed by atoms with Crippen LogP contribution in [-0.4, -0.2) is 48.3 Å². The van der Waals surface area contributed by atoms with Gasteiger partial charge in [-0.05, 0) is 6.07 Å². The third-order valence-corrected chi connectivity index (χ3v) is 3.62. The lowest BCUT2D eigenvalue weighted by molar-refractivity contribution is 0.224. The standard InChI is InChI=1S/C15H20N4O2/c1-20-13-5-3-2-4-12(13)10-15-17-14(18-21-15)11-19-8-6-16-7-9-19/h2-5,16H,6-11H2,1H3. The first-order valence-electron chi connectivity index (χ1n) is 7.21. The largest absolute Gasteiger partial charge is 0.496 e. The highest BCUT2D eigenvalue weighted by atomic mass is 16.5. The highest BCUT2D eigenvalue weighted by Gasteiger charge is 2.15. The van der Waals surface area contributed by atoms with Gasteiger partial charge in [-0.25, -0.2) is 0 Å². The number of piperazine rings is 1. The minimum absolute atomic E-state index is 0.596. The number of hydrogen-bond donors (Lipinski definition) is 1. The molecule has 112 valence electrons. The van der Waals surface area contributed by atoms with Crippen LogP contribution in [0.5, 0.6) is 5.75 Å². The van der Waals surface area contributed by atoms with Crippen LogP contribution >= 0.6 is 0 Å². The first-order valence-corrected chi connectivity index (χ1v) is 7.21. The monoisotopic (exact) mass is 288 g/mol. The summed E-state index contributed by atoms with van der Waals surface area (Å²) in [7, 11) is 1.67. The maximum Gasteiger partial charge on any atom is 0.231 e. The summed E-state index contributed by atoms with van der Waals surface area (Å²) in [6.45, 7) is 4.84. The highest BCUT2D eigenvalue weighted by molar-refractivity contribution is 5.34. The Balaban J connectivity index is 1.64. The van der Waals surface area contributed by atoms with Gasteiger partial charge in [0, 0.05) is 31.7 Å². The molecule has 2 aromatic rings. The van der Waals surface area contributed by atoms with Gasteiger partial charge >= 0.3 is 0 Å². The number of nitrogens with zero attached hydrogens (tertiary/aromatic N) is 3. The average molecular weight is 288 g/mol. The average Bonchev–Trinajstić information content (AvgIpc) is 2.96. The second-order valence-corrected chi connectivity index (χ2v) is 5.12. The summed E-state index contributed by atoms with van der Waals surface area (Å²) in [5.41, 5.74) is 1.05. The van der Waals surface area contributed by atoms with Gasteiger partial charge in [0.25, 0.3) is 0 Å². The molecule has 1 aliphatic rings. The maximum atomic E-state index is 5.35. The smallest absolute Gasteiger partial charge is 0.231 e.